The molecule has 0 bridgehead atoms. The SMILES string of the molecule is CNC(=O)c1cccc(S(=O)(=O)c2ccc(CCN(C[C@H](O)c3cccc(Cl)c3)C(=O)O)cc2)c1. The second kappa shape index (κ2) is 11.4. The third kappa shape index (κ3) is 6.60. The molecule has 0 heterocycles. The minimum Gasteiger partial charge on any atom is -0.465 e. The van der Waals surface area contributed by atoms with Gasteiger partial charge in [0, 0.05) is 24.2 Å². The third-order valence-corrected chi connectivity index (χ3v) is 7.44. The summed E-state index contributed by atoms with van der Waals surface area (Å²) in [5, 5.41) is 22.9. The van der Waals surface area contributed by atoms with Crippen LogP contribution in [0.1, 0.15) is 27.6 Å². The normalized spacial score (nSPS) is 12.1. The summed E-state index contributed by atoms with van der Waals surface area (Å²) in [5.41, 5.74) is 1.48. The quantitative estimate of drug-likeness (QED) is 0.397. The molecule has 0 aliphatic rings. The predicted octanol–water partition coefficient (Wildman–Crippen LogP) is 3.79. The average molecular weight is 517 g/mol. The molecule has 3 aromatic rings. The number of aliphatic hydroxyl groups excluding tert-OH is 1. The van der Waals surface area contributed by atoms with Crippen LogP contribution in [0.15, 0.2) is 82.6 Å². The number of aliphatic hydroxyl groups is 1. The number of nitrogens with zero attached hydrogens (tertiary/aromatic N) is 1. The first-order valence-electron chi connectivity index (χ1n) is 10.7. The molecule has 0 radical (unpaired) electrons. The second-order valence-corrected chi connectivity index (χ2v) is 10.2. The molecular weight excluding hydrogens is 492 g/mol. The smallest absolute Gasteiger partial charge is 0.407 e. The van der Waals surface area contributed by atoms with Crippen LogP contribution in [0.2, 0.25) is 5.02 Å². The van der Waals surface area contributed by atoms with E-state index in [9.17, 15) is 28.2 Å². The molecule has 1 atom stereocenters. The van der Waals surface area contributed by atoms with Crippen LogP contribution in [0.25, 0.3) is 0 Å². The summed E-state index contributed by atoms with van der Waals surface area (Å²) >= 11 is 5.94. The number of halogens is 1. The van der Waals surface area contributed by atoms with Gasteiger partial charge in [-0.3, -0.25) is 4.79 Å². The van der Waals surface area contributed by atoms with E-state index in [4.69, 9.17) is 11.6 Å². The number of hydrogen-bond donors (Lipinski definition) is 3. The van der Waals surface area contributed by atoms with Gasteiger partial charge in [0.25, 0.3) is 5.91 Å². The van der Waals surface area contributed by atoms with E-state index in [1.807, 2.05) is 0 Å². The molecule has 0 aliphatic carbocycles. The lowest BCUT2D eigenvalue weighted by molar-refractivity contribution is 0.0962. The van der Waals surface area contributed by atoms with Crippen molar-refractivity contribution in [2.24, 2.45) is 0 Å². The minimum atomic E-state index is -3.84. The molecule has 10 heteroatoms. The van der Waals surface area contributed by atoms with Crippen LogP contribution in [0, 0.1) is 0 Å². The number of carbonyl (C=O) groups excluding carboxylic acids is 1. The molecule has 0 unspecified atom stereocenters. The Bertz CT molecular complexity index is 1310. The van der Waals surface area contributed by atoms with Gasteiger partial charge >= 0.3 is 6.09 Å². The number of nitrogens with one attached hydrogen (secondary N) is 1. The van der Waals surface area contributed by atoms with Gasteiger partial charge in [0.15, 0.2) is 0 Å². The lowest BCUT2D eigenvalue weighted by atomic mass is 10.1. The van der Waals surface area contributed by atoms with Crippen molar-refractivity contribution in [1.29, 1.82) is 0 Å². The molecule has 0 saturated carbocycles. The van der Waals surface area contributed by atoms with Crippen molar-refractivity contribution in [3.8, 4) is 0 Å². The highest BCUT2D eigenvalue weighted by Gasteiger charge is 2.20. The summed E-state index contributed by atoms with van der Waals surface area (Å²) in [5.74, 6) is -0.388. The fourth-order valence-corrected chi connectivity index (χ4v) is 4.98. The summed E-state index contributed by atoms with van der Waals surface area (Å²) < 4.78 is 26.0. The molecule has 0 aliphatic heterocycles. The Morgan fingerprint density at radius 1 is 1.00 bits per heavy atom. The topological polar surface area (TPSA) is 124 Å². The van der Waals surface area contributed by atoms with Crippen LogP contribution in [0.3, 0.4) is 0 Å². The summed E-state index contributed by atoms with van der Waals surface area (Å²) in [6, 6.07) is 18.5. The van der Waals surface area contributed by atoms with Gasteiger partial charge in [-0.2, -0.15) is 0 Å². The van der Waals surface area contributed by atoms with Crippen LogP contribution >= 0.6 is 11.6 Å². The van der Waals surface area contributed by atoms with Gasteiger partial charge in [0.1, 0.15) is 0 Å². The number of carbonyl (C=O) groups is 2. The fraction of sp³-hybridized carbons (Fsp3) is 0.200. The van der Waals surface area contributed by atoms with E-state index in [1.165, 1.54) is 43.4 Å². The fourth-order valence-electron chi connectivity index (χ4n) is 3.48. The van der Waals surface area contributed by atoms with E-state index in [2.05, 4.69) is 5.32 Å². The first kappa shape index (κ1) is 26.2. The molecule has 8 nitrogen and oxygen atoms in total. The van der Waals surface area contributed by atoms with Crippen LogP contribution in [0.5, 0.6) is 0 Å². The maximum absolute atomic E-state index is 13.0. The largest absolute Gasteiger partial charge is 0.465 e. The average Bonchev–Trinajstić information content (AvgIpc) is 2.86. The molecule has 184 valence electrons. The molecule has 3 aromatic carbocycles. The van der Waals surface area contributed by atoms with Gasteiger partial charge in [-0.15, -0.1) is 0 Å². The zero-order chi connectivity index (χ0) is 25.6. The highest BCUT2D eigenvalue weighted by atomic mass is 35.5. The molecule has 35 heavy (non-hydrogen) atoms. The number of benzene rings is 3. The van der Waals surface area contributed by atoms with Gasteiger partial charge in [0.2, 0.25) is 9.84 Å². The number of carboxylic acid groups (broad SMARTS) is 1. The Balaban J connectivity index is 1.69. The lowest BCUT2D eigenvalue weighted by Crippen LogP contribution is -2.35. The predicted molar refractivity (Wildman–Crippen MR) is 131 cm³/mol. The number of amides is 2. The summed E-state index contributed by atoms with van der Waals surface area (Å²) in [4.78, 5) is 24.7. The van der Waals surface area contributed by atoms with Gasteiger partial charge < -0.3 is 20.4 Å². The van der Waals surface area contributed by atoms with E-state index >= 15 is 0 Å². The molecule has 3 N–H and O–H groups in total. The Labute approximate surface area is 208 Å². The molecule has 0 fully saturated rings. The zero-order valence-electron chi connectivity index (χ0n) is 18.9. The van der Waals surface area contributed by atoms with Gasteiger partial charge in [-0.1, -0.05) is 41.9 Å². The van der Waals surface area contributed by atoms with E-state index in [0.29, 0.717) is 17.0 Å². The lowest BCUT2D eigenvalue weighted by Gasteiger charge is -2.23. The first-order valence-corrected chi connectivity index (χ1v) is 12.6. The monoisotopic (exact) mass is 516 g/mol. The van der Waals surface area contributed by atoms with Crippen LogP contribution in [-0.4, -0.2) is 55.7 Å². The molecule has 3 rings (SSSR count). The van der Waals surface area contributed by atoms with Crippen molar-refractivity contribution in [2.75, 3.05) is 20.1 Å². The minimum absolute atomic E-state index is 0.00148. The van der Waals surface area contributed by atoms with Crippen molar-refractivity contribution in [1.82, 2.24) is 10.2 Å². The van der Waals surface area contributed by atoms with Crippen molar-refractivity contribution in [3.63, 3.8) is 0 Å². The number of rotatable bonds is 9. The van der Waals surface area contributed by atoms with Gasteiger partial charge in [-0.05, 0) is 60.0 Å². The summed E-state index contributed by atoms with van der Waals surface area (Å²) in [6.45, 7) is -0.0307. The molecule has 2 amide bonds. The highest BCUT2D eigenvalue weighted by molar-refractivity contribution is 7.91. The first-order chi connectivity index (χ1) is 16.6. The Morgan fingerprint density at radius 3 is 2.31 bits per heavy atom. The van der Waals surface area contributed by atoms with Crippen LogP contribution in [0.4, 0.5) is 4.79 Å². The van der Waals surface area contributed by atoms with Crippen LogP contribution in [-0.2, 0) is 16.3 Å². The zero-order valence-corrected chi connectivity index (χ0v) is 20.5. The molecule has 0 saturated heterocycles. The molecular formula is C25H25ClN2O6S. The maximum atomic E-state index is 13.0. The van der Waals surface area contributed by atoms with Crippen molar-refractivity contribution >= 4 is 33.4 Å². The maximum Gasteiger partial charge on any atom is 0.407 e. The Morgan fingerprint density at radius 2 is 1.69 bits per heavy atom. The second-order valence-electron chi connectivity index (χ2n) is 7.80. The van der Waals surface area contributed by atoms with E-state index < -0.39 is 22.0 Å². The van der Waals surface area contributed by atoms with E-state index in [0.717, 1.165) is 10.5 Å². The van der Waals surface area contributed by atoms with Crippen molar-refractivity contribution in [2.45, 2.75) is 22.3 Å². The Hall–Kier alpha value is -3.40. The van der Waals surface area contributed by atoms with Crippen molar-refractivity contribution < 1.29 is 28.2 Å². The van der Waals surface area contributed by atoms with Crippen molar-refractivity contribution in [3.05, 3.63) is 94.5 Å². The number of sulfone groups is 1. The molecule has 0 spiro atoms. The van der Waals surface area contributed by atoms with Gasteiger partial charge in [-0.25, -0.2) is 13.2 Å². The van der Waals surface area contributed by atoms with E-state index in [-0.39, 0.29) is 34.4 Å². The summed E-state index contributed by atoms with van der Waals surface area (Å²) in [7, 11) is -2.38. The highest BCUT2D eigenvalue weighted by Crippen LogP contribution is 2.23. The van der Waals surface area contributed by atoms with Gasteiger partial charge in [0.05, 0.1) is 22.4 Å². The standard InChI is InChI=1S/C25H25ClN2O6S/c1-27-24(30)19-5-3-7-22(15-19)35(33,34)21-10-8-17(9-11-21)12-13-28(25(31)32)16-23(29)18-4-2-6-20(26)14-18/h2-11,14-15,23,29H,12-13,16H2,1H3,(H,27,30)(H,31,32)/t23-/m0/s1. The van der Waals surface area contributed by atoms with Crippen LogP contribution < -0.4 is 5.32 Å². The Kier molecular flexibility index (Phi) is 8.50. The number of hydrogen-bond acceptors (Lipinski definition) is 5. The summed E-state index contributed by atoms with van der Waals surface area (Å²) in [6.07, 6.45) is -1.90. The molecule has 0 aromatic heterocycles. The third-order valence-electron chi connectivity index (χ3n) is 5.43. The van der Waals surface area contributed by atoms with E-state index in [1.54, 1.807) is 36.4 Å².